The van der Waals surface area contributed by atoms with Crippen LogP contribution >= 0.6 is 11.6 Å². The molecule has 4 nitrogen and oxygen atoms in total. The Labute approximate surface area is 151 Å². The summed E-state index contributed by atoms with van der Waals surface area (Å²) >= 11 is 6.12. The number of anilines is 1. The first-order valence-corrected chi connectivity index (χ1v) is 8.09. The third-order valence-electron chi connectivity index (χ3n) is 3.33. The van der Waals surface area contributed by atoms with Gasteiger partial charge in [0.1, 0.15) is 11.5 Å². The molecular formula is C20H16ClNO3. The van der Waals surface area contributed by atoms with E-state index in [0.29, 0.717) is 28.0 Å². The summed E-state index contributed by atoms with van der Waals surface area (Å²) in [5.41, 5.74) is 0.545. The first-order valence-electron chi connectivity index (χ1n) is 7.71. The zero-order valence-corrected chi connectivity index (χ0v) is 14.1. The van der Waals surface area contributed by atoms with Crippen LogP contribution in [-0.2, 0) is 4.79 Å². The number of rotatable bonds is 6. The average molecular weight is 354 g/mol. The summed E-state index contributed by atoms with van der Waals surface area (Å²) < 4.78 is 11.3. The molecule has 5 heteroatoms. The van der Waals surface area contributed by atoms with Gasteiger partial charge < -0.3 is 14.8 Å². The standard InChI is InChI=1S/C20H16ClNO3/c21-16-10-4-6-12-18(16)25-19-13-7-5-11-17(19)22-20(23)14-24-15-8-2-1-3-9-15/h1-13H,14H2,(H,22,23). The van der Waals surface area contributed by atoms with Gasteiger partial charge in [0.15, 0.2) is 12.4 Å². The molecule has 0 aromatic heterocycles. The minimum Gasteiger partial charge on any atom is -0.484 e. The minimum atomic E-state index is -0.279. The van der Waals surface area contributed by atoms with E-state index in [1.165, 1.54) is 0 Å². The third kappa shape index (κ3) is 4.75. The van der Waals surface area contributed by atoms with E-state index in [0.717, 1.165) is 0 Å². The Hall–Kier alpha value is -2.98. The van der Waals surface area contributed by atoms with Gasteiger partial charge in [-0.15, -0.1) is 0 Å². The monoisotopic (exact) mass is 353 g/mol. The number of hydrogen-bond donors (Lipinski definition) is 1. The largest absolute Gasteiger partial charge is 0.484 e. The molecule has 25 heavy (non-hydrogen) atoms. The second-order valence-corrected chi connectivity index (χ2v) is 5.59. The number of carbonyl (C=O) groups excluding carboxylic acids is 1. The number of hydrogen-bond acceptors (Lipinski definition) is 3. The lowest BCUT2D eigenvalue weighted by molar-refractivity contribution is -0.118. The molecule has 0 saturated carbocycles. The van der Waals surface area contributed by atoms with Crippen LogP contribution in [0.4, 0.5) is 5.69 Å². The number of amides is 1. The molecule has 126 valence electrons. The van der Waals surface area contributed by atoms with Crippen LogP contribution in [0, 0.1) is 0 Å². The molecule has 3 aromatic rings. The maximum Gasteiger partial charge on any atom is 0.262 e. The number of nitrogens with one attached hydrogen (secondary N) is 1. The maximum absolute atomic E-state index is 12.1. The van der Waals surface area contributed by atoms with Gasteiger partial charge >= 0.3 is 0 Å². The Morgan fingerprint density at radius 1 is 0.840 bits per heavy atom. The molecule has 1 amide bonds. The fourth-order valence-corrected chi connectivity index (χ4v) is 2.33. The predicted molar refractivity (Wildman–Crippen MR) is 98.5 cm³/mol. The van der Waals surface area contributed by atoms with Crippen molar-refractivity contribution >= 4 is 23.2 Å². The Morgan fingerprint density at radius 3 is 2.24 bits per heavy atom. The van der Waals surface area contributed by atoms with Crippen molar-refractivity contribution < 1.29 is 14.3 Å². The van der Waals surface area contributed by atoms with Gasteiger partial charge in [0.05, 0.1) is 10.7 Å². The molecule has 0 aliphatic heterocycles. The highest BCUT2D eigenvalue weighted by molar-refractivity contribution is 6.32. The van der Waals surface area contributed by atoms with Crippen molar-refractivity contribution in [2.24, 2.45) is 0 Å². The first kappa shape index (κ1) is 16.9. The SMILES string of the molecule is O=C(COc1ccccc1)Nc1ccccc1Oc1ccccc1Cl. The number of para-hydroxylation sites is 4. The normalized spacial score (nSPS) is 10.1. The fraction of sp³-hybridized carbons (Fsp3) is 0.0500. The molecule has 1 N–H and O–H groups in total. The first-order chi connectivity index (χ1) is 12.2. The van der Waals surface area contributed by atoms with Crippen LogP contribution in [0.1, 0.15) is 0 Å². The summed E-state index contributed by atoms with van der Waals surface area (Å²) in [7, 11) is 0. The van der Waals surface area contributed by atoms with E-state index in [-0.39, 0.29) is 12.5 Å². The fourth-order valence-electron chi connectivity index (χ4n) is 2.16. The topological polar surface area (TPSA) is 47.6 Å². The second-order valence-electron chi connectivity index (χ2n) is 5.18. The molecule has 0 unspecified atom stereocenters. The van der Waals surface area contributed by atoms with Crippen LogP contribution in [0.2, 0.25) is 5.02 Å². The van der Waals surface area contributed by atoms with Crippen LogP contribution in [-0.4, -0.2) is 12.5 Å². The van der Waals surface area contributed by atoms with Gasteiger partial charge in [-0.25, -0.2) is 0 Å². The van der Waals surface area contributed by atoms with Crippen LogP contribution < -0.4 is 14.8 Å². The van der Waals surface area contributed by atoms with Crippen LogP contribution in [0.15, 0.2) is 78.9 Å². The summed E-state index contributed by atoms with van der Waals surface area (Å²) in [4.78, 5) is 12.1. The molecule has 0 spiro atoms. The molecule has 0 radical (unpaired) electrons. The van der Waals surface area contributed by atoms with Gasteiger partial charge in [-0.05, 0) is 36.4 Å². The van der Waals surface area contributed by atoms with Crippen molar-refractivity contribution in [1.82, 2.24) is 0 Å². The van der Waals surface area contributed by atoms with Crippen molar-refractivity contribution in [3.63, 3.8) is 0 Å². The van der Waals surface area contributed by atoms with Gasteiger partial charge in [-0.1, -0.05) is 54.1 Å². The third-order valence-corrected chi connectivity index (χ3v) is 3.64. The van der Waals surface area contributed by atoms with E-state index in [4.69, 9.17) is 21.1 Å². The zero-order chi connectivity index (χ0) is 17.5. The highest BCUT2D eigenvalue weighted by Crippen LogP contribution is 2.33. The summed E-state index contributed by atoms with van der Waals surface area (Å²) in [5, 5.41) is 3.28. The highest BCUT2D eigenvalue weighted by atomic mass is 35.5. The predicted octanol–water partition coefficient (Wildman–Crippen LogP) is 5.15. The Morgan fingerprint density at radius 2 is 1.48 bits per heavy atom. The van der Waals surface area contributed by atoms with Gasteiger partial charge in [0, 0.05) is 0 Å². The summed E-state index contributed by atoms with van der Waals surface area (Å²) in [6.07, 6.45) is 0. The molecule has 3 rings (SSSR count). The number of carbonyl (C=O) groups is 1. The Balaban J connectivity index is 1.66. The highest BCUT2D eigenvalue weighted by Gasteiger charge is 2.10. The molecule has 0 bridgehead atoms. The van der Waals surface area contributed by atoms with Gasteiger partial charge in [-0.2, -0.15) is 0 Å². The zero-order valence-electron chi connectivity index (χ0n) is 13.3. The molecule has 0 saturated heterocycles. The van der Waals surface area contributed by atoms with Crippen molar-refractivity contribution in [3.8, 4) is 17.2 Å². The average Bonchev–Trinajstić information content (AvgIpc) is 2.64. The summed E-state index contributed by atoms with van der Waals surface area (Å²) in [6.45, 7) is -0.0928. The molecule has 0 heterocycles. The van der Waals surface area contributed by atoms with Crippen molar-refractivity contribution in [2.45, 2.75) is 0 Å². The van der Waals surface area contributed by atoms with E-state index < -0.39 is 0 Å². The number of halogens is 1. The number of benzene rings is 3. The maximum atomic E-state index is 12.1. The molecule has 3 aromatic carbocycles. The van der Waals surface area contributed by atoms with Crippen LogP contribution in [0.3, 0.4) is 0 Å². The molecular weight excluding hydrogens is 338 g/mol. The van der Waals surface area contributed by atoms with E-state index >= 15 is 0 Å². The van der Waals surface area contributed by atoms with Crippen molar-refractivity contribution in [3.05, 3.63) is 83.9 Å². The van der Waals surface area contributed by atoms with Crippen LogP contribution in [0.25, 0.3) is 0 Å². The minimum absolute atomic E-state index is 0.0928. The Kier molecular flexibility index (Phi) is 5.54. The number of ether oxygens (including phenoxy) is 2. The quantitative estimate of drug-likeness (QED) is 0.666. The van der Waals surface area contributed by atoms with Crippen molar-refractivity contribution in [1.29, 1.82) is 0 Å². The smallest absolute Gasteiger partial charge is 0.262 e. The summed E-state index contributed by atoms with van der Waals surface area (Å²) in [6, 6.07) is 23.5. The molecule has 0 aliphatic carbocycles. The van der Waals surface area contributed by atoms with E-state index in [2.05, 4.69) is 5.32 Å². The van der Waals surface area contributed by atoms with Gasteiger partial charge in [0.25, 0.3) is 5.91 Å². The van der Waals surface area contributed by atoms with Gasteiger partial charge in [0.2, 0.25) is 0 Å². The lowest BCUT2D eigenvalue weighted by atomic mass is 10.3. The molecule has 0 fully saturated rings. The van der Waals surface area contributed by atoms with Crippen molar-refractivity contribution in [2.75, 3.05) is 11.9 Å². The Bertz CT molecular complexity index is 852. The van der Waals surface area contributed by atoms with Gasteiger partial charge in [-0.3, -0.25) is 4.79 Å². The van der Waals surface area contributed by atoms with Crippen LogP contribution in [0.5, 0.6) is 17.2 Å². The lowest BCUT2D eigenvalue weighted by Gasteiger charge is -2.13. The molecule has 0 aliphatic rings. The van der Waals surface area contributed by atoms with E-state index in [1.54, 1.807) is 36.4 Å². The van der Waals surface area contributed by atoms with E-state index in [9.17, 15) is 4.79 Å². The van der Waals surface area contributed by atoms with E-state index in [1.807, 2.05) is 42.5 Å². The second kappa shape index (κ2) is 8.22. The lowest BCUT2D eigenvalue weighted by Crippen LogP contribution is -2.20. The summed E-state index contributed by atoms with van der Waals surface area (Å²) in [5.74, 6) is 1.38. The molecule has 0 atom stereocenters.